The van der Waals surface area contributed by atoms with Crippen molar-refractivity contribution in [3.05, 3.63) is 11.9 Å². The van der Waals surface area contributed by atoms with Crippen LogP contribution in [-0.4, -0.2) is 16.1 Å². The summed E-state index contributed by atoms with van der Waals surface area (Å²) < 4.78 is 2.30. The van der Waals surface area contributed by atoms with Gasteiger partial charge in [0.25, 0.3) is 0 Å². The molecule has 0 saturated heterocycles. The van der Waals surface area contributed by atoms with Gasteiger partial charge in [-0.1, -0.05) is 13.3 Å². The summed E-state index contributed by atoms with van der Waals surface area (Å²) in [6.45, 7) is 6.56. The zero-order chi connectivity index (χ0) is 13.2. The Morgan fingerprint density at radius 2 is 2.00 bits per heavy atom. The third kappa shape index (κ3) is 3.31. The van der Waals surface area contributed by atoms with E-state index in [4.69, 9.17) is 0 Å². The number of rotatable bonds is 8. The molecule has 2 aliphatic carbocycles. The number of unbranched alkanes of at least 4 members (excludes halogenated alkanes) is 1. The van der Waals surface area contributed by atoms with Gasteiger partial charge >= 0.3 is 0 Å². The molecule has 1 heterocycles. The summed E-state index contributed by atoms with van der Waals surface area (Å²) in [5.74, 6) is 4.04. The smallest absolute Gasteiger partial charge is 0.203 e. The monoisotopic (exact) mass is 261 g/mol. The van der Waals surface area contributed by atoms with E-state index < -0.39 is 0 Å². The number of nitrogens with one attached hydrogen (secondary N) is 1. The first-order valence-electron chi connectivity index (χ1n) is 8.05. The average molecular weight is 261 g/mol. The molecular weight excluding hydrogens is 234 g/mol. The molecule has 0 spiro atoms. The maximum absolute atomic E-state index is 4.65. The largest absolute Gasteiger partial charge is 0.355 e. The maximum atomic E-state index is 4.65. The second kappa shape index (κ2) is 5.56. The highest BCUT2D eigenvalue weighted by atomic mass is 15.2. The highest BCUT2D eigenvalue weighted by Gasteiger charge is 2.41. The van der Waals surface area contributed by atoms with Gasteiger partial charge < -0.3 is 9.88 Å². The number of nitrogens with zero attached hydrogens (tertiary/aromatic N) is 2. The third-order valence-electron chi connectivity index (χ3n) is 4.60. The van der Waals surface area contributed by atoms with E-state index in [1.807, 2.05) is 0 Å². The van der Waals surface area contributed by atoms with E-state index in [1.54, 1.807) is 0 Å². The molecule has 19 heavy (non-hydrogen) atoms. The zero-order valence-corrected chi connectivity index (χ0v) is 12.4. The molecule has 1 aromatic heterocycles. The number of hydrogen-bond donors (Lipinski definition) is 1. The molecule has 0 aromatic carbocycles. The van der Waals surface area contributed by atoms with Crippen LogP contribution in [-0.2, 0) is 6.54 Å². The Morgan fingerprint density at radius 1 is 1.32 bits per heavy atom. The van der Waals surface area contributed by atoms with Crippen LogP contribution in [0.5, 0.6) is 0 Å². The predicted octanol–water partition coefficient (Wildman–Crippen LogP) is 3.84. The van der Waals surface area contributed by atoms with Crippen molar-refractivity contribution in [2.75, 3.05) is 11.9 Å². The van der Waals surface area contributed by atoms with E-state index in [-0.39, 0.29) is 0 Å². The first-order valence-corrected chi connectivity index (χ1v) is 8.05. The molecule has 2 fully saturated rings. The number of aromatic nitrogens is 2. The van der Waals surface area contributed by atoms with Crippen LogP contribution in [0.4, 0.5) is 5.95 Å². The molecule has 0 bridgehead atoms. The van der Waals surface area contributed by atoms with Gasteiger partial charge in [-0.25, -0.2) is 4.98 Å². The molecule has 1 aromatic rings. The number of anilines is 1. The zero-order valence-electron chi connectivity index (χ0n) is 12.4. The molecule has 0 unspecified atom stereocenters. The molecule has 1 N–H and O–H groups in total. The fraction of sp³-hybridized carbons (Fsp3) is 0.812. The second-order valence-electron chi connectivity index (χ2n) is 6.47. The van der Waals surface area contributed by atoms with Crippen molar-refractivity contribution < 1.29 is 0 Å². The minimum Gasteiger partial charge on any atom is -0.355 e. The number of aryl methyl sites for hydroxylation is 2. The van der Waals surface area contributed by atoms with Crippen molar-refractivity contribution in [2.24, 2.45) is 17.8 Å². The van der Waals surface area contributed by atoms with Crippen LogP contribution in [0.3, 0.4) is 0 Å². The van der Waals surface area contributed by atoms with E-state index in [1.165, 1.54) is 38.5 Å². The van der Waals surface area contributed by atoms with Crippen LogP contribution in [0.2, 0.25) is 0 Å². The van der Waals surface area contributed by atoms with Crippen molar-refractivity contribution in [1.29, 1.82) is 0 Å². The number of hydrogen-bond acceptors (Lipinski definition) is 2. The standard InChI is InChI=1S/C16H27N3/c1-3-4-9-19-11-12(2)18-16(19)17-10-15(13-5-6-13)14-7-8-14/h11,13-15H,3-10H2,1-2H3,(H,17,18). The SMILES string of the molecule is CCCCn1cc(C)nc1NCC(C1CC1)C1CC1. The minimum absolute atomic E-state index is 0.914. The van der Waals surface area contributed by atoms with Gasteiger partial charge in [0, 0.05) is 19.3 Å². The number of imidazole rings is 1. The van der Waals surface area contributed by atoms with E-state index in [0.717, 1.165) is 42.5 Å². The molecule has 3 nitrogen and oxygen atoms in total. The van der Waals surface area contributed by atoms with Gasteiger partial charge in [-0.05, 0) is 56.8 Å². The predicted molar refractivity (Wildman–Crippen MR) is 79.3 cm³/mol. The summed E-state index contributed by atoms with van der Waals surface area (Å²) in [6, 6.07) is 0. The Morgan fingerprint density at radius 3 is 2.58 bits per heavy atom. The van der Waals surface area contributed by atoms with E-state index >= 15 is 0 Å². The summed E-state index contributed by atoms with van der Waals surface area (Å²) in [5.41, 5.74) is 1.13. The van der Waals surface area contributed by atoms with Gasteiger partial charge in [0.1, 0.15) is 0 Å². The van der Waals surface area contributed by atoms with Crippen LogP contribution in [0, 0.1) is 24.7 Å². The van der Waals surface area contributed by atoms with Crippen LogP contribution in [0.15, 0.2) is 6.20 Å². The lowest BCUT2D eigenvalue weighted by Gasteiger charge is -2.17. The molecule has 2 saturated carbocycles. The summed E-state index contributed by atoms with van der Waals surface area (Å²) in [4.78, 5) is 4.65. The third-order valence-corrected chi connectivity index (χ3v) is 4.60. The van der Waals surface area contributed by atoms with Crippen molar-refractivity contribution in [3.63, 3.8) is 0 Å². The highest BCUT2D eigenvalue weighted by molar-refractivity contribution is 5.29. The van der Waals surface area contributed by atoms with Gasteiger partial charge in [0.05, 0.1) is 5.69 Å². The van der Waals surface area contributed by atoms with Crippen LogP contribution < -0.4 is 5.32 Å². The first-order chi connectivity index (χ1) is 9.28. The van der Waals surface area contributed by atoms with Gasteiger partial charge in [-0.3, -0.25) is 0 Å². The van der Waals surface area contributed by atoms with Crippen LogP contribution in [0.25, 0.3) is 0 Å². The normalized spacial score (nSPS) is 19.1. The lowest BCUT2D eigenvalue weighted by Crippen LogP contribution is -2.20. The first kappa shape index (κ1) is 13.0. The van der Waals surface area contributed by atoms with Crippen molar-refractivity contribution in [2.45, 2.75) is 58.9 Å². The fourth-order valence-electron chi connectivity index (χ4n) is 3.16. The van der Waals surface area contributed by atoms with E-state index in [9.17, 15) is 0 Å². The van der Waals surface area contributed by atoms with Crippen molar-refractivity contribution >= 4 is 5.95 Å². The molecule has 0 atom stereocenters. The van der Waals surface area contributed by atoms with Crippen molar-refractivity contribution in [1.82, 2.24) is 9.55 Å². The average Bonchev–Trinajstić information content (AvgIpc) is 3.27. The van der Waals surface area contributed by atoms with E-state index in [2.05, 4.69) is 34.9 Å². The van der Waals surface area contributed by atoms with Gasteiger partial charge in [-0.2, -0.15) is 0 Å². The minimum atomic E-state index is 0.914. The molecule has 3 heteroatoms. The fourth-order valence-corrected chi connectivity index (χ4v) is 3.16. The molecule has 0 radical (unpaired) electrons. The Hall–Kier alpha value is -0.990. The van der Waals surface area contributed by atoms with Crippen molar-refractivity contribution in [3.8, 4) is 0 Å². The summed E-state index contributed by atoms with van der Waals surface area (Å²) in [5, 5.41) is 3.64. The maximum Gasteiger partial charge on any atom is 0.203 e. The van der Waals surface area contributed by atoms with Crippen LogP contribution in [0.1, 0.15) is 51.1 Å². The van der Waals surface area contributed by atoms with Gasteiger partial charge in [0.2, 0.25) is 5.95 Å². The summed E-state index contributed by atoms with van der Waals surface area (Å²) in [7, 11) is 0. The van der Waals surface area contributed by atoms with Crippen LogP contribution >= 0.6 is 0 Å². The lowest BCUT2D eigenvalue weighted by atomic mass is 9.98. The van der Waals surface area contributed by atoms with Gasteiger partial charge in [0.15, 0.2) is 0 Å². The lowest BCUT2D eigenvalue weighted by molar-refractivity contribution is 0.426. The summed E-state index contributed by atoms with van der Waals surface area (Å²) in [6.07, 6.45) is 10.5. The molecule has 0 aliphatic heterocycles. The molecule has 106 valence electrons. The topological polar surface area (TPSA) is 29.9 Å². The Kier molecular flexibility index (Phi) is 3.81. The molecular formula is C16H27N3. The van der Waals surface area contributed by atoms with Gasteiger partial charge in [-0.15, -0.1) is 0 Å². The highest BCUT2D eigenvalue weighted by Crippen LogP contribution is 2.49. The molecule has 3 rings (SSSR count). The summed E-state index contributed by atoms with van der Waals surface area (Å²) >= 11 is 0. The van der Waals surface area contributed by atoms with E-state index in [0.29, 0.717) is 0 Å². The Bertz CT molecular complexity index is 404. The Labute approximate surface area is 116 Å². The Balaban J connectivity index is 1.58. The second-order valence-corrected chi connectivity index (χ2v) is 6.47. The quantitative estimate of drug-likeness (QED) is 0.770. The molecule has 0 amide bonds. The molecule has 2 aliphatic rings.